The molecule has 0 bridgehead atoms. The minimum absolute atomic E-state index is 0.121. The average molecular weight is 302 g/mol. The molecule has 0 heterocycles. The lowest BCUT2D eigenvalue weighted by Gasteiger charge is -2.18. The molecule has 116 valence electrons. The summed E-state index contributed by atoms with van der Waals surface area (Å²) in [7, 11) is 0. The van der Waals surface area contributed by atoms with Crippen LogP contribution in [0.25, 0.3) is 0 Å². The van der Waals surface area contributed by atoms with E-state index in [1.807, 2.05) is 31.3 Å². The molecule has 1 rings (SSSR count). The second-order valence-corrected chi connectivity index (χ2v) is 4.46. The Labute approximate surface area is 128 Å². The minimum atomic E-state index is -0.913. The molecule has 0 aliphatic heterocycles. The smallest absolute Gasteiger partial charge is 0.414 e. The van der Waals surface area contributed by atoms with Gasteiger partial charge in [-0.25, -0.2) is 10.6 Å². The lowest BCUT2D eigenvalue weighted by Crippen LogP contribution is -2.34. The number of hydrazine groups is 1. The van der Waals surface area contributed by atoms with Crippen molar-refractivity contribution >= 4 is 17.7 Å². The summed E-state index contributed by atoms with van der Waals surface area (Å²) in [6.45, 7) is 5.53. The van der Waals surface area contributed by atoms with Crippen LogP contribution in [0.3, 0.4) is 0 Å². The van der Waals surface area contributed by atoms with Gasteiger partial charge < -0.3 is 4.74 Å². The highest BCUT2D eigenvalue weighted by Gasteiger charge is 2.15. The summed E-state index contributed by atoms with van der Waals surface area (Å²) in [6, 6.07) is 7.21. The van der Waals surface area contributed by atoms with Crippen LogP contribution in [-0.4, -0.2) is 18.6 Å². The Morgan fingerprint density at radius 2 is 2.14 bits per heavy atom. The number of carbonyl (C=O) groups excluding carboxylic acids is 2. The van der Waals surface area contributed by atoms with Gasteiger partial charge in [-0.2, -0.15) is 5.26 Å². The van der Waals surface area contributed by atoms with Crippen molar-refractivity contribution in [1.29, 1.82) is 5.26 Å². The van der Waals surface area contributed by atoms with Gasteiger partial charge >= 0.3 is 6.09 Å². The van der Waals surface area contributed by atoms with Crippen molar-refractivity contribution in [3.8, 4) is 6.07 Å². The van der Waals surface area contributed by atoms with Crippen molar-refractivity contribution in [2.24, 2.45) is 5.84 Å². The van der Waals surface area contributed by atoms with E-state index in [-0.39, 0.29) is 12.2 Å². The maximum atomic E-state index is 11.8. The van der Waals surface area contributed by atoms with E-state index in [4.69, 9.17) is 11.1 Å². The molecule has 0 aliphatic carbocycles. The predicted octanol–water partition coefficient (Wildman–Crippen LogP) is 1.66. The summed E-state index contributed by atoms with van der Waals surface area (Å²) in [5.41, 5.74) is 2.29. The molecule has 2 amide bonds. The van der Waals surface area contributed by atoms with Crippen molar-refractivity contribution < 1.29 is 14.3 Å². The Hall–Kier alpha value is -2.85. The van der Waals surface area contributed by atoms with Gasteiger partial charge in [-0.15, -0.1) is 0 Å². The van der Waals surface area contributed by atoms with Gasteiger partial charge in [-0.3, -0.25) is 15.1 Å². The lowest BCUT2D eigenvalue weighted by molar-refractivity contribution is -0.116. The first kappa shape index (κ1) is 17.2. The largest absolute Gasteiger partial charge is 0.450 e. The average Bonchev–Trinajstić information content (AvgIpc) is 2.47. The van der Waals surface area contributed by atoms with Crippen LogP contribution < -0.4 is 16.2 Å². The number of amides is 2. The number of nitrogens with two attached hydrogens (primary N) is 1. The van der Waals surface area contributed by atoms with Crippen molar-refractivity contribution in [3.63, 3.8) is 0 Å². The van der Waals surface area contributed by atoms with Crippen LogP contribution in [0.15, 0.2) is 30.0 Å². The third-order valence-electron chi connectivity index (χ3n) is 2.98. The fourth-order valence-electron chi connectivity index (χ4n) is 1.69. The number of ether oxygens (including phenoxy) is 1. The van der Waals surface area contributed by atoms with Gasteiger partial charge in [0.2, 0.25) is 0 Å². The molecule has 22 heavy (non-hydrogen) atoms. The summed E-state index contributed by atoms with van der Waals surface area (Å²) >= 11 is 0. The highest BCUT2D eigenvalue weighted by Crippen LogP contribution is 2.21. The van der Waals surface area contributed by atoms with Gasteiger partial charge in [-0.1, -0.05) is 12.1 Å². The van der Waals surface area contributed by atoms with Crippen molar-refractivity contribution in [3.05, 3.63) is 41.1 Å². The van der Waals surface area contributed by atoms with Gasteiger partial charge in [0.25, 0.3) is 5.91 Å². The number of nitrogens with one attached hydrogen (secondary N) is 1. The highest BCUT2D eigenvalue weighted by molar-refractivity contribution is 6.05. The first-order valence-corrected chi connectivity index (χ1v) is 6.60. The summed E-state index contributed by atoms with van der Waals surface area (Å²) in [5.74, 6) is 5.00. The van der Waals surface area contributed by atoms with E-state index in [1.54, 1.807) is 19.1 Å². The third kappa shape index (κ3) is 4.33. The van der Waals surface area contributed by atoms with E-state index < -0.39 is 12.0 Å². The standard InChI is InChI=1S/C15H18N4O3/c1-4-22-15(21)18-14(20)12(8-16)9-19(17)13-7-5-6-10(2)11(13)3/h5-7,9H,4,17H2,1-3H3,(H,18,20,21)/b12-9-. The molecule has 0 atom stereocenters. The fraction of sp³-hybridized carbons (Fsp3) is 0.267. The molecular weight excluding hydrogens is 284 g/mol. The molecule has 0 radical (unpaired) electrons. The van der Waals surface area contributed by atoms with Crippen LogP contribution in [0.4, 0.5) is 10.5 Å². The quantitative estimate of drug-likeness (QED) is 0.379. The number of carbonyl (C=O) groups is 2. The van der Waals surface area contributed by atoms with Crippen LogP contribution in [-0.2, 0) is 9.53 Å². The van der Waals surface area contributed by atoms with Gasteiger partial charge in [0.15, 0.2) is 0 Å². The zero-order valence-electron chi connectivity index (χ0n) is 12.7. The topological polar surface area (TPSA) is 108 Å². The molecular formula is C15H18N4O3. The van der Waals surface area contributed by atoms with Crippen molar-refractivity contribution in [2.45, 2.75) is 20.8 Å². The molecule has 1 aromatic rings. The van der Waals surface area contributed by atoms with Gasteiger partial charge in [0, 0.05) is 6.20 Å². The number of rotatable bonds is 4. The Kier molecular flexibility index (Phi) is 6.10. The lowest BCUT2D eigenvalue weighted by atomic mass is 10.1. The highest BCUT2D eigenvalue weighted by atomic mass is 16.5. The molecule has 0 saturated carbocycles. The molecule has 3 N–H and O–H groups in total. The van der Waals surface area contributed by atoms with Gasteiger partial charge in [0.1, 0.15) is 11.6 Å². The number of anilines is 1. The van der Waals surface area contributed by atoms with Gasteiger partial charge in [0.05, 0.1) is 12.3 Å². The number of aryl methyl sites for hydroxylation is 1. The summed E-state index contributed by atoms with van der Waals surface area (Å²) in [6.07, 6.45) is 0.250. The fourth-order valence-corrected chi connectivity index (χ4v) is 1.69. The molecule has 7 heteroatoms. The maximum absolute atomic E-state index is 11.8. The summed E-state index contributed by atoms with van der Waals surface area (Å²) < 4.78 is 4.58. The van der Waals surface area contributed by atoms with E-state index in [9.17, 15) is 9.59 Å². The van der Waals surface area contributed by atoms with Crippen molar-refractivity contribution in [2.75, 3.05) is 11.6 Å². The van der Waals surface area contributed by atoms with Crippen LogP contribution in [0.2, 0.25) is 0 Å². The first-order valence-electron chi connectivity index (χ1n) is 6.60. The van der Waals surface area contributed by atoms with Crippen LogP contribution in [0, 0.1) is 25.2 Å². The summed E-state index contributed by atoms with van der Waals surface area (Å²) in [4.78, 5) is 23.0. The van der Waals surface area contributed by atoms with Crippen LogP contribution in [0.1, 0.15) is 18.1 Å². The molecule has 0 unspecified atom stereocenters. The van der Waals surface area contributed by atoms with E-state index in [0.29, 0.717) is 5.69 Å². The number of hydrogen-bond donors (Lipinski definition) is 2. The number of hydrogen-bond acceptors (Lipinski definition) is 6. The van der Waals surface area contributed by atoms with Crippen LogP contribution in [0.5, 0.6) is 0 Å². The monoisotopic (exact) mass is 302 g/mol. The molecule has 7 nitrogen and oxygen atoms in total. The second kappa shape index (κ2) is 7.81. The van der Waals surface area contributed by atoms with E-state index in [0.717, 1.165) is 17.3 Å². The minimum Gasteiger partial charge on any atom is -0.450 e. The molecule has 0 saturated heterocycles. The van der Waals surface area contributed by atoms with E-state index >= 15 is 0 Å². The normalized spacial score (nSPS) is 10.6. The molecule has 0 fully saturated rings. The Morgan fingerprint density at radius 3 is 2.73 bits per heavy atom. The first-order chi connectivity index (χ1) is 10.4. The maximum Gasteiger partial charge on any atom is 0.414 e. The molecule has 0 spiro atoms. The Morgan fingerprint density at radius 1 is 1.45 bits per heavy atom. The zero-order valence-corrected chi connectivity index (χ0v) is 12.7. The molecule has 0 aliphatic rings. The Bertz CT molecular complexity index is 647. The zero-order chi connectivity index (χ0) is 16.7. The molecule has 1 aromatic carbocycles. The van der Waals surface area contributed by atoms with Gasteiger partial charge in [-0.05, 0) is 38.0 Å². The summed E-state index contributed by atoms with van der Waals surface area (Å²) in [5, 5.41) is 12.2. The van der Waals surface area contributed by atoms with E-state index in [1.165, 1.54) is 5.01 Å². The molecule has 0 aromatic heterocycles. The third-order valence-corrected chi connectivity index (χ3v) is 2.98. The number of benzene rings is 1. The van der Waals surface area contributed by atoms with E-state index in [2.05, 4.69) is 4.74 Å². The number of nitrogens with zero attached hydrogens (tertiary/aromatic N) is 2. The number of alkyl carbamates (subject to hydrolysis) is 1. The second-order valence-electron chi connectivity index (χ2n) is 4.46. The van der Waals surface area contributed by atoms with Crippen LogP contribution >= 0.6 is 0 Å². The SMILES string of the molecule is CCOC(=O)NC(=O)/C(C#N)=C\N(N)c1cccc(C)c1C. The number of imide groups is 1. The number of nitriles is 1. The van der Waals surface area contributed by atoms with Crippen molar-refractivity contribution in [1.82, 2.24) is 5.32 Å². The predicted molar refractivity (Wildman–Crippen MR) is 81.4 cm³/mol. The Balaban J connectivity index is 2.97.